The second kappa shape index (κ2) is 11.5. The van der Waals surface area contributed by atoms with Gasteiger partial charge >= 0.3 is 5.97 Å². The summed E-state index contributed by atoms with van der Waals surface area (Å²) >= 11 is 0. The van der Waals surface area contributed by atoms with E-state index in [4.69, 9.17) is 20.4 Å². The van der Waals surface area contributed by atoms with Gasteiger partial charge in [-0.1, -0.05) is 0 Å². The van der Waals surface area contributed by atoms with Crippen molar-refractivity contribution in [2.75, 3.05) is 18.4 Å². The van der Waals surface area contributed by atoms with Crippen LogP contribution < -0.4 is 16.4 Å². The molecule has 0 aliphatic carbocycles. The van der Waals surface area contributed by atoms with Crippen LogP contribution in [-0.4, -0.2) is 47.7 Å². The average Bonchev–Trinajstić information content (AvgIpc) is 2.61. The summed E-state index contributed by atoms with van der Waals surface area (Å²) in [5, 5.41) is 13.6. The Balaban J connectivity index is 0.000000960. The molecule has 2 atom stereocenters. The molecule has 29 heavy (non-hydrogen) atoms. The van der Waals surface area contributed by atoms with Gasteiger partial charge in [0.2, 0.25) is 5.91 Å². The molecule has 1 fully saturated rings. The third-order valence-corrected chi connectivity index (χ3v) is 4.11. The minimum atomic E-state index is -0.833. The Morgan fingerprint density at radius 1 is 1.28 bits per heavy atom. The number of carbonyl (C=O) groups is 3. The maximum Gasteiger partial charge on any atom is 0.338 e. The van der Waals surface area contributed by atoms with E-state index in [1.54, 1.807) is 24.3 Å². The van der Waals surface area contributed by atoms with Gasteiger partial charge in [0.1, 0.15) is 5.60 Å². The van der Waals surface area contributed by atoms with E-state index in [1.165, 1.54) is 0 Å². The molecule has 2 unspecified atom stereocenters. The normalized spacial score (nSPS) is 17.3. The minimum Gasteiger partial charge on any atom is -0.481 e. The lowest BCUT2D eigenvalue weighted by atomic mass is 9.92. The topological polar surface area (TPSA) is 131 Å². The summed E-state index contributed by atoms with van der Waals surface area (Å²) < 4.78 is 5.32. The Labute approximate surface area is 172 Å². The molecule has 0 aromatic heterocycles. The fourth-order valence-corrected chi connectivity index (χ4v) is 2.85. The van der Waals surface area contributed by atoms with Gasteiger partial charge < -0.3 is 26.2 Å². The van der Waals surface area contributed by atoms with Gasteiger partial charge in [-0.3, -0.25) is 9.59 Å². The van der Waals surface area contributed by atoms with E-state index in [2.05, 4.69) is 10.6 Å². The zero-order chi connectivity index (χ0) is 22.0. The van der Waals surface area contributed by atoms with Crippen molar-refractivity contribution in [2.24, 2.45) is 11.7 Å². The number of ether oxygens (including phenoxy) is 1. The predicted octanol–water partition coefficient (Wildman–Crippen LogP) is 2.39. The van der Waals surface area contributed by atoms with Crippen molar-refractivity contribution in [2.45, 2.75) is 58.6 Å². The largest absolute Gasteiger partial charge is 0.481 e. The van der Waals surface area contributed by atoms with Gasteiger partial charge in [-0.25, -0.2) is 4.79 Å². The Kier molecular flexibility index (Phi) is 9.77. The smallest absolute Gasteiger partial charge is 0.338 e. The number of carbonyl (C=O) groups excluding carboxylic acids is 2. The summed E-state index contributed by atoms with van der Waals surface area (Å²) in [6.45, 7) is 8.52. The highest BCUT2D eigenvalue weighted by molar-refractivity contribution is 5.95. The van der Waals surface area contributed by atoms with Gasteiger partial charge in [-0.15, -0.1) is 0 Å². The molecule has 0 bridgehead atoms. The van der Waals surface area contributed by atoms with Gasteiger partial charge in [0.05, 0.1) is 11.6 Å². The van der Waals surface area contributed by atoms with Crippen molar-refractivity contribution in [3.63, 3.8) is 0 Å². The number of nitrogens with two attached hydrogens (primary N) is 1. The van der Waals surface area contributed by atoms with Crippen LogP contribution in [0.15, 0.2) is 24.3 Å². The molecule has 1 heterocycles. The van der Waals surface area contributed by atoms with Crippen molar-refractivity contribution in [3.8, 4) is 0 Å². The van der Waals surface area contributed by atoms with Crippen molar-refractivity contribution >= 4 is 23.5 Å². The van der Waals surface area contributed by atoms with Crippen molar-refractivity contribution in [1.29, 1.82) is 0 Å². The Hall–Kier alpha value is -2.45. The number of aliphatic carboxylic acids is 1. The summed E-state index contributed by atoms with van der Waals surface area (Å²) in [7, 11) is 0. The summed E-state index contributed by atoms with van der Waals surface area (Å²) in [5.41, 5.74) is 6.56. The summed E-state index contributed by atoms with van der Waals surface area (Å²) in [6, 6.07) is 6.12. The molecule has 1 aliphatic heterocycles. The Morgan fingerprint density at radius 3 is 2.34 bits per heavy atom. The van der Waals surface area contributed by atoms with Crippen LogP contribution in [0.1, 0.15) is 57.3 Å². The number of esters is 1. The van der Waals surface area contributed by atoms with E-state index in [0.29, 0.717) is 23.6 Å². The summed E-state index contributed by atoms with van der Waals surface area (Å²) in [5.74, 6) is -0.966. The second-order valence-electron chi connectivity index (χ2n) is 8.14. The second-order valence-corrected chi connectivity index (χ2v) is 8.14. The number of anilines is 1. The first kappa shape index (κ1) is 24.6. The number of nitrogens with one attached hydrogen (secondary N) is 2. The SMILES string of the molecule is CC(=O)O.CC(C)(C)OC(=O)c1ccc(NC(=O)C(N)CC2CCCNC2)cc1. The fourth-order valence-electron chi connectivity index (χ4n) is 2.85. The third kappa shape index (κ3) is 10.6. The standard InChI is InChI=1S/C19H29N3O3.C2H4O2/c1-19(2,3)25-18(24)14-6-8-15(9-7-14)22-17(23)16(20)11-13-5-4-10-21-12-13;1-2(3)4/h6-9,13,16,21H,4-5,10-12,20H2,1-3H3,(H,22,23);1H3,(H,3,4). The number of carboxylic acid groups (broad SMARTS) is 1. The zero-order valence-corrected chi connectivity index (χ0v) is 17.7. The number of hydrogen-bond acceptors (Lipinski definition) is 6. The third-order valence-electron chi connectivity index (χ3n) is 4.11. The highest BCUT2D eigenvalue weighted by Crippen LogP contribution is 2.17. The van der Waals surface area contributed by atoms with Gasteiger partial charge in [-0.05, 0) is 83.3 Å². The van der Waals surface area contributed by atoms with E-state index in [0.717, 1.165) is 32.9 Å². The van der Waals surface area contributed by atoms with Crippen LogP contribution in [0.3, 0.4) is 0 Å². The van der Waals surface area contributed by atoms with E-state index < -0.39 is 17.6 Å². The molecule has 162 valence electrons. The van der Waals surface area contributed by atoms with Crippen LogP contribution in [0.2, 0.25) is 0 Å². The van der Waals surface area contributed by atoms with Crippen LogP contribution in [0.25, 0.3) is 0 Å². The molecule has 1 saturated heterocycles. The molecule has 5 N–H and O–H groups in total. The first-order valence-corrected chi connectivity index (χ1v) is 9.78. The van der Waals surface area contributed by atoms with Crippen molar-refractivity contribution < 1.29 is 24.2 Å². The molecule has 1 amide bonds. The van der Waals surface area contributed by atoms with Crippen molar-refractivity contribution in [1.82, 2.24) is 5.32 Å². The maximum absolute atomic E-state index is 12.2. The number of hydrogen-bond donors (Lipinski definition) is 4. The fraction of sp³-hybridized carbons (Fsp3) is 0.571. The number of piperidine rings is 1. The predicted molar refractivity (Wildman–Crippen MR) is 112 cm³/mol. The van der Waals surface area contributed by atoms with E-state index in [9.17, 15) is 9.59 Å². The molecule has 1 aromatic carbocycles. The number of rotatable bonds is 5. The van der Waals surface area contributed by atoms with Gasteiger partial charge in [0.25, 0.3) is 5.97 Å². The molecule has 0 spiro atoms. The van der Waals surface area contributed by atoms with Crippen LogP contribution in [-0.2, 0) is 14.3 Å². The molecule has 2 rings (SSSR count). The molecule has 0 saturated carbocycles. The summed E-state index contributed by atoms with van der Waals surface area (Å²) in [6.07, 6.45) is 2.92. The van der Waals surface area contributed by atoms with Crippen LogP contribution in [0, 0.1) is 5.92 Å². The molecule has 8 heteroatoms. The lowest BCUT2D eigenvalue weighted by Crippen LogP contribution is -2.40. The number of carboxylic acids is 1. The van der Waals surface area contributed by atoms with Crippen molar-refractivity contribution in [3.05, 3.63) is 29.8 Å². The maximum atomic E-state index is 12.2. The molecular formula is C21H33N3O5. The number of amides is 1. The van der Waals surface area contributed by atoms with Gasteiger partial charge in [0.15, 0.2) is 0 Å². The average molecular weight is 408 g/mol. The summed E-state index contributed by atoms with van der Waals surface area (Å²) in [4.78, 5) is 33.2. The van der Waals surface area contributed by atoms with E-state index in [-0.39, 0.29) is 11.9 Å². The van der Waals surface area contributed by atoms with E-state index >= 15 is 0 Å². The minimum absolute atomic E-state index is 0.199. The van der Waals surface area contributed by atoms with Gasteiger partial charge in [0, 0.05) is 12.6 Å². The highest BCUT2D eigenvalue weighted by atomic mass is 16.6. The van der Waals surface area contributed by atoms with Gasteiger partial charge in [-0.2, -0.15) is 0 Å². The zero-order valence-electron chi connectivity index (χ0n) is 17.7. The Bertz CT molecular complexity index is 673. The van der Waals surface area contributed by atoms with Crippen LogP contribution >= 0.6 is 0 Å². The lowest BCUT2D eigenvalue weighted by Gasteiger charge is -2.25. The highest BCUT2D eigenvalue weighted by Gasteiger charge is 2.21. The van der Waals surface area contributed by atoms with E-state index in [1.807, 2.05) is 20.8 Å². The van der Waals surface area contributed by atoms with Crippen LogP contribution in [0.5, 0.6) is 0 Å². The quantitative estimate of drug-likeness (QED) is 0.551. The molecule has 0 radical (unpaired) electrons. The first-order chi connectivity index (χ1) is 13.5. The molecule has 1 aromatic rings. The monoisotopic (exact) mass is 407 g/mol. The molecule has 1 aliphatic rings. The molecular weight excluding hydrogens is 374 g/mol. The Morgan fingerprint density at radius 2 is 1.86 bits per heavy atom. The first-order valence-electron chi connectivity index (χ1n) is 9.78. The lowest BCUT2D eigenvalue weighted by molar-refractivity contribution is -0.134. The van der Waals surface area contributed by atoms with Crippen LogP contribution in [0.4, 0.5) is 5.69 Å². The molecule has 8 nitrogen and oxygen atoms in total. The number of benzene rings is 1.